The SMILES string of the molecule is CC1CCCN(CCNC(=O)c2ccc(N(C)c3ccccc3)nc2)C1. The maximum atomic E-state index is 12.3. The second kappa shape index (κ2) is 8.81. The Balaban J connectivity index is 1.50. The lowest BCUT2D eigenvalue weighted by Crippen LogP contribution is -2.40. The van der Waals surface area contributed by atoms with Crippen molar-refractivity contribution in [3.8, 4) is 0 Å². The number of anilines is 2. The third-order valence-electron chi connectivity index (χ3n) is 4.95. The van der Waals surface area contributed by atoms with Crippen molar-refractivity contribution < 1.29 is 4.79 Å². The summed E-state index contributed by atoms with van der Waals surface area (Å²) in [6, 6.07) is 13.8. The van der Waals surface area contributed by atoms with Crippen LogP contribution in [0.2, 0.25) is 0 Å². The minimum atomic E-state index is -0.0588. The van der Waals surface area contributed by atoms with Crippen molar-refractivity contribution in [2.45, 2.75) is 19.8 Å². The number of pyridine rings is 1. The lowest BCUT2D eigenvalue weighted by molar-refractivity contribution is 0.0943. The Morgan fingerprint density at radius 3 is 2.77 bits per heavy atom. The number of aromatic nitrogens is 1. The highest BCUT2D eigenvalue weighted by atomic mass is 16.1. The Kier molecular flexibility index (Phi) is 6.23. The van der Waals surface area contributed by atoms with Gasteiger partial charge in [0.15, 0.2) is 0 Å². The topological polar surface area (TPSA) is 48.5 Å². The first-order valence-corrected chi connectivity index (χ1v) is 9.39. The molecule has 5 heteroatoms. The van der Waals surface area contributed by atoms with E-state index in [9.17, 15) is 4.79 Å². The molecule has 138 valence electrons. The fourth-order valence-electron chi connectivity index (χ4n) is 3.42. The summed E-state index contributed by atoms with van der Waals surface area (Å²) in [5.74, 6) is 1.52. The highest BCUT2D eigenvalue weighted by Gasteiger charge is 2.16. The zero-order valence-electron chi connectivity index (χ0n) is 15.7. The van der Waals surface area contributed by atoms with Gasteiger partial charge >= 0.3 is 0 Å². The molecular weight excluding hydrogens is 324 g/mol. The predicted molar refractivity (Wildman–Crippen MR) is 106 cm³/mol. The first-order valence-electron chi connectivity index (χ1n) is 9.39. The van der Waals surface area contributed by atoms with E-state index in [0.29, 0.717) is 12.1 Å². The van der Waals surface area contributed by atoms with Crippen molar-refractivity contribution in [3.05, 3.63) is 54.2 Å². The molecule has 1 atom stereocenters. The molecule has 26 heavy (non-hydrogen) atoms. The molecule has 1 unspecified atom stereocenters. The lowest BCUT2D eigenvalue weighted by atomic mass is 10.0. The summed E-state index contributed by atoms with van der Waals surface area (Å²) >= 11 is 0. The molecular formula is C21H28N4O. The number of hydrogen-bond acceptors (Lipinski definition) is 4. The van der Waals surface area contributed by atoms with E-state index in [0.717, 1.165) is 37.1 Å². The van der Waals surface area contributed by atoms with Gasteiger partial charge in [0.2, 0.25) is 0 Å². The van der Waals surface area contributed by atoms with Crippen LogP contribution in [0.1, 0.15) is 30.1 Å². The summed E-state index contributed by atoms with van der Waals surface area (Å²) in [4.78, 5) is 21.2. The van der Waals surface area contributed by atoms with Gasteiger partial charge in [-0.3, -0.25) is 4.79 Å². The van der Waals surface area contributed by atoms with Crippen LogP contribution in [0.5, 0.6) is 0 Å². The van der Waals surface area contributed by atoms with Crippen LogP contribution >= 0.6 is 0 Å². The van der Waals surface area contributed by atoms with E-state index in [-0.39, 0.29) is 5.91 Å². The summed E-state index contributed by atoms with van der Waals surface area (Å²) in [5, 5.41) is 3.01. The van der Waals surface area contributed by atoms with Crippen LogP contribution in [0.3, 0.4) is 0 Å². The maximum absolute atomic E-state index is 12.3. The first-order chi connectivity index (χ1) is 12.6. The standard InChI is InChI=1S/C21H28N4O/c1-17-7-6-13-25(16-17)14-12-22-21(26)18-10-11-20(23-15-18)24(2)19-8-4-3-5-9-19/h3-5,8-11,15,17H,6-7,12-14,16H2,1-2H3,(H,22,26). The second-order valence-electron chi connectivity index (χ2n) is 7.10. The van der Waals surface area contributed by atoms with E-state index >= 15 is 0 Å². The van der Waals surface area contributed by atoms with Gasteiger partial charge in [-0.2, -0.15) is 0 Å². The monoisotopic (exact) mass is 352 g/mol. The van der Waals surface area contributed by atoms with Crippen molar-refractivity contribution >= 4 is 17.4 Å². The normalized spacial score (nSPS) is 17.7. The summed E-state index contributed by atoms with van der Waals surface area (Å²) in [6.45, 7) is 6.17. The maximum Gasteiger partial charge on any atom is 0.252 e. The third-order valence-corrected chi connectivity index (χ3v) is 4.95. The minimum absolute atomic E-state index is 0.0588. The predicted octanol–water partition coefficient (Wildman–Crippen LogP) is 3.31. The Hall–Kier alpha value is -2.40. The zero-order valence-corrected chi connectivity index (χ0v) is 15.7. The van der Waals surface area contributed by atoms with Crippen molar-refractivity contribution in [1.82, 2.24) is 15.2 Å². The number of piperidine rings is 1. The molecule has 0 bridgehead atoms. The Labute approximate surface area is 156 Å². The van der Waals surface area contributed by atoms with Gasteiger partial charge in [-0.25, -0.2) is 4.98 Å². The summed E-state index contributed by atoms with van der Waals surface area (Å²) in [5.41, 5.74) is 1.66. The molecule has 5 nitrogen and oxygen atoms in total. The van der Waals surface area contributed by atoms with Crippen LogP contribution in [0.4, 0.5) is 11.5 Å². The molecule has 1 aliphatic rings. The summed E-state index contributed by atoms with van der Waals surface area (Å²) in [7, 11) is 1.97. The first kappa shape index (κ1) is 18.4. The third kappa shape index (κ3) is 4.82. The average Bonchev–Trinajstić information content (AvgIpc) is 2.68. The van der Waals surface area contributed by atoms with Crippen molar-refractivity contribution in [2.75, 3.05) is 38.1 Å². The number of amides is 1. The van der Waals surface area contributed by atoms with E-state index in [4.69, 9.17) is 0 Å². The van der Waals surface area contributed by atoms with Crippen LogP contribution in [0, 0.1) is 5.92 Å². The smallest absolute Gasteiger partial charge is 0.252 e. The number of nitrogens with one attached hydrogen (secondary N) is 1. The molecule has 1 N–H and O–H groups in total. The minimum Gasteiger partial charge on any atom is -0.351 e. The number of para-hydroxylation sites is 1. The van der Waals surface area contributed by atoms with Crippen LogP contribution in [-0.4, -0.2) is 49.0 Å². The molecule has 0 spiro atoms. The lowest BCUT2D eigenvalue weighted by Gasteiger charge is -2.30. The second-order valence-corrected chi connectivity index (χ2v) is 7.10. The van der Waals surface area contributed by atoms with Crippen molar-refractivity contribution in [2.24, 2.45) is 5.92 Å². The molecule has 0 radical (unpaired) electrons. The van der Waals surface area contributed by atoms with E-state index in [1.54, 1.807) is 6.20 Å². The molecule has 2 aromatic rings. The number of hydrogen-bond donors (Lipinski definition) is 1. The largest absolute Gasteiger partial charge is 0.351 e. The van der Waals surface area contributed by atoms with E-state index < -0.39 is 0 Å². The van der Waals surface area contributed by atoms with E-state index in [1.165, 1.54) is 12.8 Å². The van der Waals surface area contributed by atoms with Crippen LogP contribution < -0.4 is 10.2 Å². The Bertz CT molecular complexity index is 702. The fraction of sp³-hybridized carbons (Fsp3) is 0.429. The highest BCUT2D eigenvalue weighted by Crippen LogP contribution is 2.20. The molecule has 1 aromatic carbocycles. The van der Waals surface area contributed by atoms with Gasteiger partial charge in [-0.05, 0) is 49.6 Å². The van der Waals surface area contributed by atoms with Crippen LogP contribution in [-0.2, 0) is 0 Å². The van der Waals surface area contributed by atoms with Gasteiger partial charge in [-0.1, -0.05) is 25.1 Å². The molecule has 0 aliphatic carbocycles. The highest BCUT2D eigenvalue weighted by molar-refractivity contribution is 5.94. The van der Waals surface area contributed by atoms with Gasteiger partial charge in [-0.15, -0.1) is 0 Å². The van der Waals surface area contributed by atoms with E-state index in [1.807, 2.05) is 54.4 Å². The fourth-order valence-corrected chi connectivity index (χ4v) is 3.42. The summed E-state index contributed by atoms with van der Waals surface area (Å²) in [6.07, 6.45) is 4.22. The Morgan fingerprint density at radius 2 is 2.08 bits per heavy atom. The molecule has 1 amide bonds. The van der Waals surface area contributed by atoms with Crippen molar-refractivity contribution in [1.29, 1.82) is 0 Å². The number of rotatable bonds is 6. The van der Waals surface area contributed by atoms with Crippen LogP contribution in [0.15, 0.2) is 48.7 Å². The van der Waals surface area contributed by atoms with Crippen molar-refractivity contribution in [3.63, 3.8) is 0 Å². The van der Waals surface area contributed by atoms with Gasteiger partial charge < -0.3 is 15.1 Å². The molecule has 1 fully saturated rings. The molecule has 1 saturated heterocycles. The molecule has 0 saturated carbocycles. The number of benzene rings is 1. The van der Waals surface area contributed by atoms with Crippen LogP contribution in [0.25, 0.3) is 0 Å². The molecule has 1 aromatic heterocycles. The van der Waals surface area contributed by atoms with Gasteiger partial charge in [0.25, 0.3) is 5.91 Å². The quantitative estimate of drug-likeness (QED) is 0.866. The number of likely N-dealkylation sites (tertiary alicyclic amines) is 1. The average molecular weight is 352 g/mol. The van der Waals surface area contributed by atoms with E-state index in [2.05, 4.69) is 22.1 Å². The number of carbonyl (C=O) groups excluding carboxylic acids is 1. The molecule has 1 aliphatic heterocycles. The summed E-state index contributed by atoms with van der Waals surface area (Å²) < 4.78 is 0. The van der Waals surface area contributed by atoms with Gasteiger partial charge in [0.1, 0.15) is 5.82 Å². The molecule has 3 rings (SSSR count). The molecule has 2 heterocycles. The zero-order chi connectivity index (χ0) is 18.4. The van der Waals surface area contributed by atoms with Gasteiger partial charge in [0, 0.05) is 38.6 Å². The Morgan fingerprint density at radius 1 is 1.27 bits per heavy atom. The number of nitrogens with zero attached hydrogens (tertiary/aromatic N) is 3. The van der Waals surface area contributed by atoms with Gasteiger partial charge in [0.05, 0.1) is 5.56 Å². The number of carbonyl (C=O) groups is 1.